The number of aryl methyl sites for hydroxylation is 3. The molecule has 0 fully saturated rings. The van der Waals surface area contributed by atoms with Gasteiger partial charge in [-0.25, -0.2) is 4.39 Å². The van der Waals surface area contributed by atoms with Gasteiger partial charge in [-0.3, -0.25) is 0 Å². The van der Waals surface area contributed by atoms with Gasteiger partial charge in [0.25, 0.3) is 0 Å². The van der Waals surface area contributed by atoms with Crippen molar-refractivity contribution < 1.29 is 14.2 Å². The third kappa shape index (κ3) is 3.17. The standard InChI is InChI=1S/C17H19FO2/c1-10-5-11(2)7-14(6-10)20-17-8-12(3)16(18)9-15(17)13(4)19/h5-9,13,19H,1-4H3/t13-/m0/s1. The Bertz CT molecular complexity index is 613. The molecule has 0 amide bonds. The van der Waals surface area contributed by atoms with Crippen LogP contribution in [0.1, 0.15) is 35.3 Å². The summed E-state index contributed by atoms with van der Waals surface area (Å²) in [5, 5.41) is 9.76. The van der Waals surface area contributed by atoms with Crippen molar-refractivity contribution in [3.8, 4) is 11.5 Å². The highest BCUT2D eigenvalue weighted by molar-refractivity contribution is 5.43. The van der Waals surface area contributed by atoms with Gasteiger partial charge in [-0.05, 0) is 68.7 Å². The predicted molar refractivity (Wildman–Crippen MR) is 77.8 cm³/mol. The molecular weight excluding hydrogens is 255 g/mol. The third-order valence-corrected chi connectivity index (χ3v) is 3.16. The van der Waals surface area contributed by atoms with Crippen molar-refractivity contribution in [3.05, 3.63) is 58.4 Å². The van der Waals surface area contributed by atoms with Crippen molar-refractivity contribution in [2.75, 3.05) is 0 Å². The zero-order chi connectivity index (χ0) is 14.9. The first-order valence-corrected chi connectivity index (χ1v) is 6.61. The predicted octanol–water partition coefficient (Wildman–Crippen LogP) is 4.60. The van der Waals surface area contributed by atoms with Crippen molar-refractivity contribution in [1.29, 1.82) is 0 Å². The Hall–Kier alpha value is -1.87. The Balaban J connectivity index is 2.44. The van der Waals surface area contributed by atoms with E-state index < -0.39 is 6.10 Å². The first-order chi connectivity index (χ1) is 9.36. The van der Waals surface area contributed by atoms with Crippen LogP contribution in [0, 0.1) is 26.6 Å². The molecule has 1 atom stereocenters. The number of ether oxygens (including phenoxy) is 1. The molecule has 0 aliphatic carbocycles. The van der Waals surface area contributed by atoms with Crippen LogP contribution in [0.5, 0.6) is 11.5 Å². The highest BCUT2D eigenvalue weighted by Crippen LogP contribution is 2.32. The molecule has 106 valence electrons. The van der Waals surface area contributed by atoms with Gasteiger partial charge in [0.15, 0.2) is 0 Å². The maximum Gasteiger partial charge on any atom is 0.133 e. The van der Waals surface area contributed by atoms with Crippen LogP contribution in [0.15, 0.2) is 30.3 Å². The molecule has 0 spiro atoms. The molecule has 0 bridgehead atoms. The molecule has 0 saturated carbocycles. The Kier molecular flexibility index (Phi) is 4.09. The lowest BCUT2D eigenvalue weighted by atomic mass is 10.1. The number of halogens is 1. The number of rotatable bonds is 3. The zero-order valence-corrected chi connectivity index (χ0v) is 12.2. The van der Waals surface area contributed by atoms with Gasteiger partial charge in [-0.2, -0.15) is 0 Å². The highest BCUT2D eigenvalue weighted by Gasteiger charge is 2.14. The smallest absolute Gasteiger partial charge is 0.133 e. The lowest BCUT2D eigenvalue weighted by molar-refractivity contribution is 0.195. The van der Waals surface area contributed by atoms with Gasteiger partial charge < -0.3 is 9.84 Å². The van der Waals surface area contributed by atoms with Gasteiger partial charge in [-0.1, -0.05) is 6.07 Å². The summed E-state index contributed by atoms with van der Waals surface area (Å²) >= 11 is 0. The number of hydrogen-bond acceptors (Lipinski definition) is 2. The van der Waals surface area contributed by atoms with E-state index in [1.807, 2.05) is 26.0 Å². The molecule has 0 unspecified atom stereocenters. The highest BCUT2D eigenvalue weighted by atomic mass is 19.1. The average Bonchev–Trinajstić information content (AvgIpc) is 2.31. The molecule has 0 aliphatic rings. The topological polar surface area (TPSA) is 29.5 Å². The second kappa shape index (κ2) is 5.63. The van der Waals surface area contributed by atoms with Gasteiger partial charge in [0.05, 0.1) is 6.10 Å². The zero-order valence-electron chi connectivity index (χ0n) is 12.2. The van der Waals surface area contributed by atoms with E-state index >= 15 is 0 Å². The molecule has 0 aromatic heterocycles. The summed E-state index contributed by atoms with van der Waals surface area (Å²) in [4.78, 5) is 0. The second-order valence-electron chi connectivity index (χ2n) is 5.24. The minimum Gasteiger partial charge on any atom is -0.457 e. The van der Waals surface area contributed by atoms with Crippen LogP contribution in [-0.2, 0) is 0 Å². The fourth-order valence-corrected chi connectivity index (χ4v) is 2.20. The maximum absolute atomic E-state index is 13.6. The van der Waals surface area contributed by atoms with Crippen molar-refractivity contribution in [2.45, 2.75) is 33.8 Å². The maximum atomic E-state index is 13.6. The first kappa shape index (κ1) is 14.5. The van der Waals surface area contributed by atoms with Crippen LogP contribution < -0.4 is 4.74 Å². The summed E-state index contributed by atoms with van der Waals surface area (Å²) in [6.45, 7) is 7.25. The third-order valence-electron chi connectivity index (χ3n) is 3.16. The second-order valence-corrected chi connectivity index (χ2v) is 5.24. The van der Waals surface area contributed by atoms with E-state index in [1.165, 1.54) is 6.07 Å². The molecule has 0 aliphatic heterocycles. The van der Waals surface area contributed by atoms with Crippen molar-refractivity contribution >= 4 is 0 Å². The van der Waals surface area contributed by atoms with E-state index in [9.17, 15) is 9.50 Å². The van der Waals surface area contributed by atoms with E-state index in [4.69, 9.17) is 4.74 Å². The SMILES string of the molecule is Cc1cc(C)cc(Oc2cc(C)c(F)cc2[C@H](C)O)c1. The molecule has 2 rings (SSSR count). The van der Waals surface area contributed by atoms with Crippen molar-refractivity contribution in [1.82, 2.24) is 0 Å². The monoisotopic (exact) mass is 274 g/mol. The van der Waals surface area contributed by atoms with Crippen LogP contribution in [0.2, 0.25) is 0 Å². The van der Waals surface area contributed by atoms with Gasteiger partial charge in [0.2, 0.25) is 0 Å². The quantitative estimate of drug-likeness (QED) is 0.886. The molecule has 3 heteroatoms. The van der Waals surface area contributed by atoms with Gasteiger partial charge >= 0.3 is 0 Å². The van der Waals surface area contributed by atoms with E-state index in [1.54, 1.807) is 19.9 Å². The number of aliphatic hydroxyl groups is 1. The summed E-state index contributed by atoms with van der Waals surface area (Å²) in [6, 6.07) is 8.83. The minimum absolute atomic E-state index is 0.339. The Labute approximate surface area is 118 Å². The molecule has 2 aromatic carbocycles. The van der Waals surface area contributed by atoms with E-state index in [0.29, 0.717) is 22.6 Å². The summed E-state index contributed by atoms with van der Waals surface area (Å²) in [6.07, 6.45) is -0.786. The van der Waals surface area contributed by atoms with Crippen LogP contribution >= 0.6 is 0 Å². The molecular formula is C17H19FO2. The molecule has 0 saturated heterocycles. The van der Waals surface area contributed by atoms with Crippen LogP contribution in [0.4, 0.5) is 4.39 Å². The fraction of sp³-hybridized carbons (Fsp3) is 0.294. The average molecular weight is 274 g/mol. The number of aliphatic hydroxyl groups excluding tert-OH is 1. The van der Waals surface area contributed by atoms with Gasteiger partial charge in [0.1, 0.15) is 17.3 Å². The molecule has 2 aromatic rings. The van der Waals surface area contributed by atoms with E-state index in [2.05, 4.69) is 6.07 Å². The van der Waals surface area contributed by atoms with Crippen LogP contribution in [0.3, 0.4) is 0 Å². The molecule has 20 heavy (non-hydrogen) atoms. The summed E-state index contributed by atoms with van der Waals surface area (Å²) in [5.74, 6) is 0.841. The molecule has 2 nitrogen and oxygen atoms in total. The minimum atomic E-state index is -0.786. The van der Waals surface area contributed by atoms with Crippen molar-refractivity contribution in [3.63, 3.8) is 0 Å². The number of hydrogen-bond donors (Lipinski definition) is 1. The summed E-state index contributed by atoms with van der Waals surface area (Å²) in [7, 11) is 0. The molecule has 0 radical (unpaired) electrons. The van der Waals surface area contributed by atoms with Gasteiger partial charge in [0, 0.05) is 5.56 Å². The Morgan fingerprint density at radius 3 is 2.15 bits per heavy atom. The molecule has 1 N–H and O–H groups in total. The molecule has 0 heterocycles. The Morgan fingerprint density at radius 1 is 1.00 bits per heavy atom. The lowest BCUT2D eigenvalue weighted by Gasteiger charge is -2.15. The lowest BCUT2D eigenvalue weighted by Crippen LogP contribution is -1.99. The van der Waals surface area contributed by atoms with E-state index in [-0.39, 0.29) is 5.82 Å². The van der Waals surface area contributed by atoms with Crippen LogP contribution in [0.25, 0.3) is 0 Å². The Morgan fingerprint density at radius 2 is 1.60 bits per heavy atom. The normalized spacial score (nSPS) is 12.3. The fourth-order valence-electron chi connectivity index (χ4n) is 2.20. The number of benzene rings is 2. The largest absolute Gasteiger partial charge is 0.457 e. The van der Waals surface area contributed by atoms with E-state index in [0.717, 1.165) is 11.1 Å². The van der Waals surface area contributed by atoms with Gasteiger partial charge in [-0.15, -0.1) is 0 Å². The summed E-state index contributed by atoms with van der Waals surface area (Å²) in [5.41, 5.74) is 3.14. The van der Waals surface area contributed by atoms with Crippen LogP contribution in [-0.4, -0.2) is 5.11 Å². The first-order valence-electron chi connectivity index (χ1n) is 6.61. The summed E-state index contributed by atoms with van der Waals surface area (Å²) < 4.78 is 19.5. The van der Waals surface area contributed by atoms with Crippen molar-refractivity contribution in [2.24, 2.45) is 0 Å².